The normalized spacial score (nSPS) is 10.4. The summed E-state index contributed by atoms with van der Waals surface area (Å²) in [7, 11) is 1.72. The van der Waals surface area contributed by atoms with Gasteiger partial charge in [-0.15, -0.1) is 0 Å². The van der Waals surface area contributed by atoms with E-state index in [-0.39, 0.29) is 5.69 Å². The predicted molar refractivity (Wildman–Crippen MR) is 70.7 cm³/mol. The van der Waals surface area contributed by atoms with Gasteiger partial charge in [0, 0.05) is 12.6 Å². The highest BCUT2D eigenvalue weighted by molar-refractivity contribution is 5.65. The average molecular weight is 264 g/mol. The maximum atomic E-state index is 13.9. The van der Waals surface area contributed by atoms with Crippen LogP contribution in [0.3, 0.4) is 0 Å². The Kier molecular flexibility index (Phi) is 3.59. The summed E-state index contributed by atoms with van der Waals surface area (Å²) in [4.78, 5) is 8.01. The Bertz CT molecular complexity index is 614. The molecule has 0 aliphatic rings. The maximum Gasteiger partial charge on any atom is 0.152 e. The van der Waals surface area contributed by atoms with Crippen LogP contribution in [-0.4, -0.2) is 17.0 Å². The van der Waals surface area contributed by atoms with Gasteiger partial charge in [-0.2, -0.15) is 0 Å². The fourth-order valence-electron chi connectivity index (χ4n) is 1.72. The average Bonchev–Trinajstić information content (AvgIpc) is 2.41. The van der Waals surface area contributed by atoms with Crippen molar-refractivity contribution in [3.63, 3.8) is 0 Å². The number of benzene rings is 1. The monoisotopic (exact) mass is 264 g/mol. The van der Waals surface area contributed by atoms with Crippen LogP contribution < -0.4 is 10.6 Å². The van der Waals surface area contributed by atoms with Gasteiger partial charge in [-0.05, 0) is 25.5 Å². The summed E-state index contributed by atoms with van der Waals surface area (Å²) >= 11 is 0. The molecule has 2 rings (SSSR count). The summed E-state index contributed by atoms with van der Waals surface area (Å²) in [5, 5.41) is 5.57. The van der Waals surface area contributed by atoms with Gasteiger partial charge in [0.2, 0.25) is 0 Å². The number of rotatable bonds is 3. The molecular formula is C13H14F2N4. The smallest absolute Gasteiger partial charge is 0.152 e. The summed E-state index contributed by atoms with van der Waals surface area (Å²) in [6.45, 7) is 3.34. The molecule has 0 unspecified atom stereocenters. The number of nitrogens with zero attached hydrogens (tertiary/aromatic N) is 2. The van der Waals surface area contributed by atoms with Gasteiger partial charge in [0.15, 0.2) is 5.82 Å². The molecular weight excluding hydrogens is 250 g/mol. The highest BCUT2D eigenvalue weighted by atomic mass is 19.1. The lowest BCUT2D eigenvalue weighted by molar-refractivity contribution is 0.584. The molecule has 0 fully saturated rings. The third-order valence-electron chi connectivity index (χ3n) is 2.85. The van der Waals surface area contributed by atoms with Crippen molar-refractivity contribution < 1.29 is 8.78 Å². The van der Waals surface area contributed by atoms with E-state index < -0.39 is 11.6 Å². The van der Waals surface area contributed by atoms with E-state index in [1.807, 2.05) is 0 Å². The molecule has 6 heteroatoms. The van der Waals surface area contributed by atoms with Crippen LogP contribution in [0.1, 0.15) is 11.1 Å². The molecule has 0 aliphatic heterocycles. The number of halogens is 2. The summed E-state index contributed by atoms with van der Waals surface area (Å²) in [5.41, 5.74) is 0.846. The fourth-order valence-corrected chi connectivity index (χ4v) is 1.72. The van der Waals surface area contributed by atoms with E-state index in [9.17, 15) is 8.78 Å². The fraction of sp³-hybridized carbons (Fsp3) is 0.231. The molecule has 0 atom stereocenters. The molecule has 0 radical (unpaired) electrons. The van der Waals surface area contributed by atoms with Gasteiger partial charge in [-0.1, -0.05) is 6.07 Å². The van der Waals surface area contributed by atoms with E-state index in [1.165, 1.54) is 18.5 Å². The second-order valence-corrected chi connectivity index (χ2v) is 4.12. The number of aromatic nitrogens is 2. The van der Waals surface area contributed by atoms with Crippen LogP contribution in [0, 0.1) is 25.5 Å². The molecule has 0 saturated carbocycles. The van der Waals surface area contributed by atoms with Gasteiger partial charge in [-0.3, -0.25) is 0 Å². The summed E-state index contributed by atoms with van der Waals surface area (Å²) in [6, 6.07) is 2.61. The molecule has 4 nitrogen and oxygen atoms in total. The van der Waals surface area contributed by atoms with Crippen molar-refractivity contribution >= 4 is 17.3 Å². The van der Waals surface area contributed by atoms with Gasteiger partial charge in [0.25, 0.3) is 0 Å². The van der Waals surface area contributed by atoms with Gasteiger partial charge in [0.1, 0.15) is 29.5 Å². The van der Waals surface area contributed by atoms with Gasteiger partial charge in [0.05, 0.1) is 0 Å². The Morgan fingerprint density at radius 3 is 2.42 bits per heavy atom. The molecule has 1 aromatic carbocycles. The van der Waals surface area contributed by atoms with Crippen molar-refractivity contribution in [1.82, 2.24) is 9.97 Å². The van der Waals surface area contributed by atoms with Crippen molar-refractivity contribution in [2.45, 2.75) is 13.8 Å². The van der Waals surface area contributed by atoms with E-state index in [0.717, 1.165) is 0 Å². The minimum absolute atomic E-state index is 0.205. The highest BCUT2D eigenvalue weighted by Gasteiger charge is 2.14. The molecule has 0 spiro atoms. The van der Waals surface area contributed by atoms with Gasteiger partial charge >= 0.3 is 0 Å². The highest BCUT2D eigenvalue weighted by Crippen LogP contribution is 2.27. The molecule has 0 saturated heterocycles. The van der Waals surface area contributed by atoms with Crippen molar-refractivity contribution in [1.29, 1.82) is 0 Å². The summed E-state index contributed by atoms with van der Waals surface area (Å²) < 4.78 is 27.6. The minimum Gasteiger partial charge on any atom is -0.373 e. The zero-order valence-electron chi connectivity index (χ0n) is 10.9. The first-order chi connectivity index (χ1) is 9.04. The van der Waals surface area contributed by atoms with Gasteiger partial charge in [-0.25, -0.2) is 18.7 Å². The Morgan fingerprint density at radius 2 is 1.74 bits per heavy atom. The SMILES string of the molecule is CNc1ncnc(Nc2c(F)ccc(C)c2F)c1C. The number of anilines is 3. The van der Waals surface area contributed by atoms with Crippen LogP contribution in [0.15, 0.2) is 18.5 Å². The first-order valence-corrected chi connectivity index (χ1v) is 5.75. The lowest BCUT2D eigenvalue weighted by Crippen LogP contribution is -2.05. The van der Waals surface area contributed by atoms with Crippen LogP contribution in [0.5, 0.6) is 0 Å². The summed E-state index contributed by atoms with van der Waals surface area (Å²) in [5.74, 6) is -0.315. The Labute approximate surface area is 109 Å². The van der Waals surface area contributed by atoms with Crippen LogP contribution in [0.2, 0.25) is 0 Å². The maximum absolute atomic E-state index is 13.9. The van der Waals surface area contributed by atoms with Crippen molar-refractivity contribution in [2.75, 3.05) is 17.7 Å². The lowest BCUT2D eigenvalue weighted by atomic mass is 10.2. The number of hydrogen-bond acceptors (Lipinski definition) is 4. The second kappa shape index (κ2) is 5.17. The quantitative estimate of drug-likeness (QED) is 0.894. The standard InChI is InChI=1S/C13H14F2N4/c1-7-4-5-9(14)11(10(7)15)19-13-8(2)12(16-3)17-6-18-13/h4-6H,1-3H3,(H2,16,17,18,19). The third kappa shape index (κ3) is 2.47. The van der Waals surface area contributed by atoms with Crippen LogP contribution >= 0.6 is 0 Å². The molecule has 1 heterocycles. The lowest BCUT2D eigenvalue weighted by Gasteiger charge is -2.13. The van der Waals surface area contributed by atoms with Crippen molar-refractivity contribution in [3.05, 3.63) is 41.2 Å². The minimum atomic E-state index is -0.660. The first-order valence-electron chi connectivity index (χ1n) is 5.75. The molecule has 2 N–H and O–H groups in total. The van der Waals surface area contributed by atoms with Crippen LogP contribution in [0.25, 0.3) is 0 Å². The molecule has 100 valence electrons. The molecule has 0 amide bonds. The zero-order valence-corrected chi connectivity index (χ0v) is 10.9. The zero-order chi connectivity index (χ0) is 14.0. The number of nitrogens with one attached hydrogen (secondary N) is 2. The predicted octanol–water partition coefficient (Wildman–Crippen LogP) is 3.16. The Morgan fingerprint density at radius 1 is 1.05 bits per heavy atom. The second-order valence-electron chi connectivity index (χ2n) is 4.12. The first kappa shape index (κ1) is 13.2. The van der Waals surface area contributed by atoms with E-state index in [2.05, 4.69) is 20.6 Å². The molecule has 0 aliphatic carbocycles. The number of aryl methyl sites for hydroxylation is 1. The Hall–Kier alpha value is -2.24. The topological polar surface area (TPSA) is 49.8 Å². The Balaban J connectivity index is 2.45. The third-order valence-corrected chi connectivity index (χ3v) is 2.85. The molecule has 0 bridgehead atoms. The largest absolute Gasteiger partial charge is 0.373 e. The summed E-state index contributed by atoms with van der Waals surface area (Å²) in [6.07, 6.45) is 1.33. The van der Waals surface area contributed by atoms with E-state index >= 15 is 0 Å². The molecule has 1 aromatic heterocycles. The van der Waals surface area contributed by atoms with E-state index in [1.54, 1.807) is 20.9 Å². The van der Waals surface area contributed by atoms with E-state index in [4.69, 9.17) is 0 Å². The van der Waals surface area contributed by atoms with Crippen LogP contribution in [-0.2, 0) is 0 Å². The van der Waals surface area contributed by atoms with Crippen molar-refractivity contribution in [2.24, 2.45) is 0 Å². The molecule has 19 heavy (non-hydrogen) atoms. The van der Waals surface area contributed by atoms with Crippen LogP contribution in [0.4, 0.5) is 26.1 Å². The van der Waals surface area contributed by atoms with Gasteiger partial charge < -0.3 is 10.6 Å². The number of hydrogen-bond donors (Lipinski definition) is 2. The van der Waals surface area contributed by atoms with E-state index in [0.29, 0.717) is 22.8 Å². The van der Waals surface area contributed by atoms with Crippen molar-refractivity contribution in [3.8, 4) is 0 Å². The molecule has 2 aromatic rings.